The molecule has 1 saturated heterocycles. The van der Waals surface area contributed by atoms with Crippen molar-refractivity contribution in [2.45, 2.75) is 39.2 Å². The van der Waals surface area contributed by atoms with Gasteiger partial charge in [0.1, 0.15) is 11.5 Å². The Hall–Kier alpha value is -3.65. The van der Waals surface area contributed by atoms with Gasteiger partial charge >= 0.3 is 0 Å². The van der Waals surface area contributed by atoms with Crippen molar-refractivity contribution in [2.75, 3.05) is 35.2 Å². The van der Waals surface area contributed by atoms with Gasteiger partial charge in [-0.2, -0.15) is 0 Å². The molecule has 0 spiro atoms. The first-order valence-electron chi connectivity index (χ1n) is 12.2. The van der Waals surface area contributed by atoms with Crippen LogP contribution in [0.1, 0.15) is 43.5 Å². The molecule has 0 aliphatic carbocycles. The molecule has 1 aromatic carbocycles. The summed E-state index contributed by atoms with van der Waals surface area (Å²) in [4.78, 5) is 34.9. The van der Waals surface area contributed by atoms with E-state index >= 15 is 0 Å². The Morgan fingerprint density at radius 2 is 1.86 bits per heavy atom. The number of nitrogens with one attached hydrogen (secondary N) is 3. The molecule has 8 nitrogen and oxygen atoms in total. The van der Waals surface area contributed by atoms with Gasteiger partial charge in [0.05, 0.1) is 18.3 Å². The Balaban J connectivity index is 1.49. The number of anilines is 3. The van der Waals surface area contributed by atoms with E-state index in [9.17, 15) is 14.7 Å². The van der Waals surface area contributed by atoms with Crippen LogP contribution in [0.4, 0.5) is 17.2 Å². The van der Waals surface area contributed by atoms with Crippen LogP contribution in [0.2, 0.25) is 0 Å². The summed E-state index contributed by atoms with van der Waals surface area (Å²) in [7, 11) is 0. The highest BCUT2D eigenvalue weighted by atomic mass is 16.3. The van der Waals surface area contributed by atoms with Crippen molar-refractivity contribution in [3.05, 3.63) is 70.6 Å². The van der Waals surface area contributed by atoms with Crippen molar-refractivity contribution < 1.29 is 9.90 Å². The van der Waals surface area contributed by atoms with E-state index in [4.69, 9.17) is 0 Å². The summed E-state index contributed by atoms with van der Waals surface area (Å²) in [6.07, 6.45) is 5.22. The molecule has 0 bridgehead atoms. The number of aliphatic hydroxyl groups is 1. The van der Waals surface area contributed by atoms with Crippen molar-refractivity contribution >= 4 is 23.1 Å². The van der Waals surface area contributed by atoms with E-state index in [0.29, 0.717) is 22.6 Å². The molecule has 1 aliphatic heterocycles. The standard InChI is InChI=1S/C27H33N5O3/c1-18(2)24(17-33)30-25-8-6-7-22(29-25)20-15-23(27(35)28-16-20)31-26(34)19-9-11-21(12-10-19)32-13-4-3-5-14-32/h6-12,15-16,18,24,33H,3-5,13-14,17H2,1-2H3,(H,28,35)(H,29,30)(H,31,34). The van der Waals surface area contributed by atoms with E-state index in [1.165, 1.54) is 19.3 Å². The number of carbonyl (C=O) groups is 1. The number of carbonyl (C=O) groups excluding carboxylic acids is 1. The summed E-state index contributed by atoms with van der Waals surface area (Å²) >= 11 is 0. The predicted octanol–water partition coefficient (Wildman–Crippen LogP) is 4.11. The average Bonchev–Trinajstić information content (AvgIpc) is 2.89. The van der Waals surface area contributed by atoms with E-state index in [0.717, 1.165) is 18.8 Å². The summed E-state index contributed by atoms with van der Waals surface area (Å²) in [5.41, 5.74) is 2.66. The van der Waals surface area contributed by atoms with Crippen molar-refractivity contribution in [1.82, 2.24) is 9.97 Å². The maximum Gasteiger partial charge on any atom is 0.271 e. The minimum absolute atomic E-state index is 0.00256. The maximum atomic E-state index is 12.8. The van der Waals surface area contributed by atoms with Crippen LogP contribution in [0, 0.1) is 5.92 Å². The molecule has 4 rings (SSSR count). The van der Waals surface area contributed by atoms with Gasteiger partial charge < -0.3 is 25.6 Å². The van der Waals surface area contributed by atoms with Gasteiger partial charge in [-0.15, -0.1) is 0 Å². The molecule has 1 aliphatic rings. The maximum absolute atomic E-state index is 12.8. The minimum Gasteiger partial charge on any atom is -0.394 e. The number of benzene rings is 1. The third-order valence-electron chi connectivity index (χ3n) is 6.38. The molecule has 1 amide bonds. The number of piperidine rings is 1. The van der Waals surface area contributed by atoms with Gasteiger partial charge in [0.15, 0.2) is 0 Å². The fraction of sp³-hybridized carbons (Fsp3) is 0.370. The van der Waals surface area contributed by atoms with Crippen LogP contribution in [-0.2, 0) is 0 Å². The molecule has 3 aromatic rings. The smallest absolute Gasteiger partial charge is 0.271 e. The molecule has 2 aromatic heterocycles. The Labute approximate surface area is 205 Å². The summed E-state index contributed by atoms with van der Waals surface area (Å²) in [5.74, 6) is 0.513. The third-order valence-corrected chi connectivity index (χ3v) is 6.38. The lowest BCUT2D eigenvalue weighted by molar-refractivity contribution is 0.102. The number of H-pyrrole nitrogens is 1. The number of aromatic amines is 1. The zero-order valence-electron chi connectivity index (χ0n) is 20.3. The third kappa shape index (κ3) is 6.08. The van der Waals surface area contributed by atoms with E-state index in [1.807, 2.05) is 44.2 Å². The molecule has 35 heavy (non-hydrogen) atoms. The molecule has 8 heteroatoms. The molecule has 1 fully saturated rings. The number of nitrogens with zero attached hydrogens (tertiary/aromatic N) is 2. The van der Waals surface area contributed by atoms with E-state index in [-0.39, 0.29) is 35.7 Å². The molecule has 184 valence electrons. The molecule has 0 radical (unpaired) electrons. The van der Waals surface area contributed by atoms with Gasteiger partial charge in [-0.05, 0) is 67.6 Å². The van der Waals surface area contributed by atoms with Gasteiger partial charge in [0.25, 0.3) is 11.5 Å². The van der Waals surface area contributed by atoms with Crippen LogP contribution in [0.15, 0.2) is 59.5 Å². The fourth-order valence-corrected chi connectivity index (χ4v) is 4.18. The van der Waals surface area contributed by atoms with E-state index in [2.05, 4.69) is 25.5 Å². The Morgan fingerprint density at radius 3 is 2.54 bits per heavy atom. The number of aromatic nitrogens is 2. The monoisotopic (exact) mass is 475 g/mol. The Kier molecular flexibility index (Phi) is 7.82. The summed E-state index contributed by atoms with van der Waals surface area (Å²) in [6, 6.07) is 14.5. The first kappa shape index (κ1) is 24.5. The quantitative estimate of drug-likeness (QED) is 0.390. The lowest BCUT2D eigenvalue weighted by atomic mass is 10.1. The number of rotatable bonds is 8. The molecular formula is C27H33N5O3. The number of amides is 1. The average molecular weight is 476 g/mol. The lowest BCUT2D eigenvalue weighted by Gasteiger charge is -2.28. The predicted molar refractivity (Wildman–Crippen MR) is 140 cm³/mol. The van der Waals surface area contributed by atoms with E-state index < -0.39 is 0 Å². The molecule has 0 saturated carbocycles. The zero-order chi connectivity index (χ0) is 24.8. The van der Waals surface area contributed by atoms with E-state index in [1.54, 1.807) is 24.4 Å². The highest BCUT2D eigenvalue weighted by Crippen LogP contribution is 2.22. The van der Waals surface area contributed by atoms with Crippen LogP contribution >= 0.6 is 0 Å². The van der Waals surface area contributed by atoms with Gasteiger partial charge in [-0.25, -0.2) is 4.98 Å². The number of pyridine rings is 2. The molecule has 3 heterocycles. The SMILES string of the molecule is CC(C)C(CO)Nc1cccc(-c2c[nH]c(=O)c(NC(=O)c3ccc(N4CCCCC4)cc3)c2)n1. The van der Waals surface area contributed by atoms with Gasteiger partial charge in [0.2, 0.25) is 0 Å². The first-order valence-corrected chi connectivity index (χ1v) is 12.2. The van der Waals surface area contributed by atoms with Gasteiger partial charge in [-0.1, -0.05) is 19.9 Å². The second-order valence-corrected chi connectivity index (χ2v) is 9.27. The number of aliphatic hydroxyl groups excluding tert-OH is 1. The molecule has 1 atom stereocenters. The largest absolute Gasteiger partial charge is 0.394 e. The van der Waals surface area contributed by atoms with Crippen molar-refractivity contribution in [1.29, 1.82) is 0 Å². The van der Waals surface area contributed by atoms with Crippen LogP contribution in [0.3, 0.4) is 0 Å². The summed E-state index contributed by atoms with van der Waals surface area (Å²) < 4.78 is 0. The molecule has 4 N–H and O–H groups in total. The number of hydrogen-bond donors (Lipinski definition) is 4. The Morgan fingerprint density at radius 1 is 1.11 bits per heavy atom. The van der Waals surface area contributed by atoms with Crippen LogP contribution < -0.4 is 21.1 Å². The Bertz CT molecular complexity index is 1200. The van der Waals surface area contributed by atoms with Crippen LogP contribution in [-0.4, -0.2) is 46.7 Å². The molecule has 1 unspecified atom stereocenters. The fourth-order valence-electron chi connectivity index (χ4n) is 4.18. The lowest BCUT2D eigenvalue weighted by Crippen LogP contribution is -2.29. The van der Waals surface area contributed by atoms with Crippen LogP contribution in [0.25, 0.3) is 11.3 Å². The van der Waals surface area contributed by atoms with Crippen molar-refractivity contribution in [3.8, 4) is 11.3 Å². The second kappa shape index (κ2) is 11.2. The van der Waals surface area contributed by atoms with Gasteiger partial charge in [-0.3, -0.25) is 9.59 Å². The van der Waals surface area contributed by atoms with Crippen molar-refractivity contribution in [2.24, 2.45) is 5.92 Å². The normalized spacial score (nSPS) is 14.6. The van der Waals surface area contributed by atoms with Gasteiger partial charge in [0, 0.05) is 36.1 Å². The summed E-state index contributed by atoms with van der Waals surface area (Å²) in [5, 5.41) is 15.6. The second-order valence-electron chi connectivity index (χ2n) is 9.27. The first-order chi connectivity index (χ1) is 16.9. The number of hydrogen-bond acceptors (Lipinski definition) is 6. The zero-order valence-corrected chi connectivity index (χ0v) is 20.3. The summed E-state index contributed by atoms with van der Waals surface area (Å²) in [6.45, 7) is 6.12. The van der Waals surface area contributed by atoms with Crippen molar-refractivity contribution in [3.63, 3.8) is 0 Å². The highest BCUT2D eigenvalue weighted by molar-refractivity contribution is 6.04. The van der Waals surface area contributed by atoms with Crippen LogP contribution in [0.5, 0.6) is 0 Å². The highest BCUT2D eigenvalue weighted by Gasteiger charge is 2.15. The minimum atomic E-state index is -0.388. The topological polar surface area (TPSA) is 110 Å². The molecular weight excluding hydrogens is 442 g/mol.